The van der Waals surface area contributed by atoms with E-state index in [1.807, 2.05) is 6.08 Å². The van der Waals surface area contributed by atoms with Crippen LogP contribution in [0.2, 0.25) is 0 Å². The second-order valence-corrected chi connectivity index (χ2v) is 4.87. The van der Waals surface area contributed by atoms with Gasteiger partial charge in [-0.25, -0.2) is 0 Å². The minimum Gasteiger partial charge on any atom is -0.483 e. The third-order valence-electron chi connectivity index (χ3n) is 3.40. The Labute approximate surface area is 103 Å². The molecule has 5 heteroatoms. The van der Waals surface area contributed by atoms with Gasteiger partial charge < -0.3 is 9.47 Å². The van der Waals surface area contributed by atoms with E-state index in [9.17, 15) is 9.59 Å². The molecule has 0 aromatic rings. The van der Waals surface area contributed by atoms with E-state index in [4.69, 9.17) is 21.1 Å². The Morgan fingerprint density at radius 1 is 1.06 bits per heavy atom. The zero-order valence-electron chi connectivity index (χ0n) is 9.07. The topological polar surface area (TPSA) is 52.6 Å². The zero-order chi connectivity index (χ0) is 12.0. The number of rotatable bonds is 0. The molecule has 4 nitrogen and oxygen atoms in total. The van der Waals surface area contributed by atoms with Gasteiger partial charge in [-0.3, -0.25) is 9.59 Å². The van der Waals surface area contributed by atoms with E-state index < -0.39 is 0 Å². The first-order valence-corrected chi connectivity index (χ1v) is 5.99. The highest BCUT2D eigenvalue weighted by molar-refractivity contribution is 6.30. The molecule has 17 heavy (non-hydrogen) atoms. The van der Waals surface area contributed by atoms with Crippen molar-refractivity contribution in [3.63, 3.8) is 0 Å². The Morgan fingerprint density at radius 3 is 2.29 bits per heavy atom. The maximum Gasteiger partial charge on any atom is 0.208 e. The molecule has 1 aliphatic heterocycles. The highest BCUT2D eigenvalue weighted by Gasteiger charge is 2.47. The van der Waals surface area contributed by atoms with Gasteiger partial charge in [-0.2, -0.15) is 0 Å². The van der Waals surface area contributed by atoms with Gasteiger partial charge >= 0.3 is 0 Å². The number of hydrogen-bond donors (Lipinski definition) is 0. The fourth-order valence-electron chi connectivity index (χ4n) is 2.54. The fraction of sp³-hybridized carbons (Fsp3) is 0.500. The maximum absolute atomic E-state index is 12.2. The summed E-state index contributed by atoms with van der Waals surface area (Å²) in [6, 6.07) is 0. The van der Waals surface area contributed by atoms with Crippen LogP contribution in [0, 0.1) is 11.8 Å². The molecule has 0 saturated carbocycles. The van der Waals surface area contributed by atoms with Crippen LogP contribution >= 0.6 is 11.6 Å². The molecule has 3 aliphatic rings. The van der Waals surface area contributed by atoms with Crippen LogP contribution < -0.4 is 0 Å². The first-order chi connectivity index (χ1) is 8.18. The Kier molecular flexibility index (Phi) is 2.47. The lowest BCUT2D eigenvalue weighted by Crippen LogP contribution is -2.42. The molecular weight excluding hydrogens is 244 g/mol. The van der Waals surface area contributed by atoms with Crippen LogP contribution in [-0.2, 0) is 19.1 Å². The molecule has 1 heterocycles. The standard InChI is InChI=1S/C12H11ClO4/c13-6-1-2-7-8(5-6)10(15)12-11(9(7)14)16-3-4-17-12/h1,7-8H,2-5H2/t7-,8+/m0/s1. The molecule has 0 amide bonds. The summed E-state index contributed by atoms with van der Waals surface area (Å²) in [6.07, 6.45) is 2.74. The summed E-state index contributed by atoms with van der Waals surface area (Å²) in [6.45, 7) is 0.643. The van der Waals surface area contributed by atoms with Gasteiger partial charge in [0.25, 0.3) is 0 Å². The van der Waals surface area contributed by atoms with Crippen LogP contribution in [0.15, 0.2) is 22.6 Å². The molecule has 2 atom stereocenters. The Bertz CT molecular complexity index is 463. The zero-order valence-corrected chi connectivity index (χ0v) is 9.83. The van der Waals surface area contributed by atoms with Crippen molar-refractivity contribution in [3.8, 4) is 0 Å². The van der Waals surface area contributed by atoms with Crippen molar-refractivity contribution in [1.82, 2.24) is 0 Å². The van der Waals surface area contributed by atoms with Gasteiger partial charge in [0.05, 0.1) is 0 Å². The van der Waals surface area contributed by atoms with E-state index >= 15 is 0 Å². The minimum absolute atomic E-state index is 0.105. The highest BCUT2D eigenvalue weighted by atomic mass is 35.5. The summed E-state index contributed by atoms with van der Waals surface area (Å²) < 4.78 is 10.5. The van der Waals surface area contributed by atoms with E-state index in [2.05, 4.69) is 0 Å². The second-order valence-electron chi connectivity index (χ2n) is 4.39. The summed E-state index contributed by atoms with van der Waals surface area (Å²) in [4.78, 5) is 24.3. The number of fused-ring (bicyclic) bond motifs is 1. The molecule has 0 aromatic carbocycles. The van der Waals surface area contributed by atoms with Gasteiger partial charge in [0.1, 0.15) is 13.2 Å². The number of carbonyl (C=O) groups is 2. The Morgan fingerprint density at radius 2 is 1.65 bits per heavy atom. The van der Waals surface area contributed by atoms with Crippen molar-refractivity contribution in [2.45, 2.75) is 12.8 Å². The molecule has 0 aromatic heterocycles. The monoisotopic (exact) mass is 254 g/mol. The molecular formula is C12H11ClO4. The lowest BCUT2D eigenvalue weighted by Gasteiger charge is -2.34. The third-order valence-corrected chi connectivity index (χ3v) is 3.71. The van der Waals surface area contributed by atoms with Crippen LogP contribution in [0.4, 0.5) is 0 Å². The molecule has 0 N–H and O–H groups in total. The van der Waals surface area contributed by atoms with Crippen LogP contribution in [0.1, 0.15) is 12.8 Å². The first-order valence-electron chi connectivity index (χ1n) is 5.61. The van der Waals surface area contributed by atoms with E-state index in [1.165, 1.54) is 0 Å². The number of halogens is 1. The summed E-state index contributed by atoms with van der Waals surface area (Å²) in [7, 11) is 0. The number of hydrogen-bond acceptors (Lipinski definition) is 4. The summed E-state index contributed by atoms with van der Waals surface area (Å²) in [5.74, 6) is -0.742. The molecule has 0 fully saturated rings. The molecule has 0 bridgehead atoms. The average Bonchev–Trinajstić information content (AvgIpc) is 2.36. The maximum atomic E-state index is 12.2. The van der Waals surface area contributed by atoms with Gasteiger partial charge in [0.15, 0.2) is 0 Å². The van der Waals surface area contributed by atoms with Crippen molar-refractivity contribution in [1.29, 1.82) is 0 Å². The number of ketones is 2. The number of ether oxygens (including phenoxy) is 2. The van der Waals surface area contributed by atoms with Gasteiger partial charge in [0.2, 0.25) is 23.1 Å². The van der Waals surface area contributed by atoms with E-state index in [0.717, 1.165) is 0 Å². The lowest BCUT2D eigenvalue weighted by atomic mass is 9.73. The first kappa shape index (κ1) is 10.8. The quantitative estimate of drug-likeness (QED) is 0.658. The summed E-state index contributed by atoms with van der Waals surface area (Å²) in [5.41, 5.74) is 0. The molecule has 0 spiro atoms. The largest absolute Gasteiger partial charge is 0.483 e. The van der Waals surface area contributed by atoms with Crippen LogP contribution in [-0.4, -0.2) is 24.8 Å². The predicted molar refractivity (Wildman–Crippen MR) is 59.1 cm³/mol. The molecule has 0 unspecified atom stereocenters. The predicted octanol–water partition coefficient (Wildman–Crippen LogP) is 1.55. The fourth-order valence-corrected chi connectivity index (χ4v) is 2.80. The SMILES string of the molecule is O=C1C2=C(OCCO2)C(=O)[C@@H]2CC(Cl)=CC[C@H]12. The van der Waals surface area contributed by atoms with Crippen molar-refractivity contribution >= 4 is 23.2 Å². The van der Waals surface area contributed by atoms with Gasteiger partial charge in [-0.1, -0.05) is 17.7 Å². The highest BCUT2D eigenvalue weighted by Crippen LogP contribution is 2.40. The Balaban J connectivity index is 2.02. The van der Waals surface area contributed by atoms with Crippen LogP contribution in [0.3, 0.4) is 0 Å². The number of carbonyl (C=O) groups excluding carboxylic acids is 2. The average molecular weight is 255 g/mol. The van der Waals surface area contributed by atoms with Gasteiger partial charge in [-0.15, -0.1) is 0 Å². The van der Waals surface area contributed by atoms with Crippen molar-refractivity contribution in [2.24, 2.45) is 11.8 Å². The Hall–Kier alpha value is -1.29. The van der Waals surface area contributed by atoms with Gasteiger partial charge in [0, 0.05) is 16.9 Å². The van der Waals surface area contributed by atoms with E-state index in [1.54, 1.807) is 0 Å². The third kappa shape index (κ3) is 1.59. The molecule has 0 radical (unpaired) electrons. The van der Waals surface area contributed by atoms with Crippen molar-refractivity contribution in [2.75, 3.05) is 13.2 Å². The van der Waals surface area contributed by atoms with Gasteiger partial charge in [-0.05, 0) is 12.8 Å². The number of Topliss-reactive ketones (excluding diaryl/α,β-unsaturated/α-hetero) is 2. The van der Waals surface area contributed by atoms with E-state index in [-0.39, 0.29) is 34.9 Å². The molecule has 90 valence electrons. The molecule has 3 rings (SSSR count). The number of allylic oxidation sites excluding steroid dienone is 4. The van der Waals surface area contributed by atoms with Crippen LogP contribution in [0.5, 0.6) is 0 Å². The second kappa shape index (κ2) is 3.88. The molecule has 0 saturated heterocycles. The lowest BCUT2D eigenvalue weighted by molar-refractivity contribution is -0.139. The van der Waals surface area contributed by atoms with Crippen LogP contribution in [0.25, 0.3) is 0 Å². The van der Waals surface area contributed by atoms with E-state index in [0.29, 0.717) is 31.1 Å². The minimum atomic E-state index is -0.375. The van der Waals surface area contributed by atoms with Crippen molar-refractivity contribution < 1.29 is 19.1 Å². The smallest absolute Gasteiger partial charge is 0.208 e. The normalized spacial score (nSPS) is 32.2. The van der Waals surface area contributed by atoms with Crippen molar-refractivity contribution in [3.05, 3.63) is 22.6 Å². The molecule has 2 aliphatic carbocycles. The summed E-state index contributed by atoms with van der Waals surface area (Å²) in [5, 5.41) is 0.646. The summed E-state index contributed by atoms with van der Waals surface area (Å²) >= 11 is 5.93.